The highest BCUT2D eigenvalue weighted by Gasteiger charge is 2.11. The van der Waals surface area contributed by atoms with Crippen LogP contribution >= 0.6 is 11.3 Å². The smallest absolute Gasteiger partial charge is 0.279 e. The number of halogens is 2. The Morgan fingerprint density at radius 3 is 2.67 bits per heavy atom. The minimum atomic E-state index is -0.646. The number of anilines is 1. The van der Waals surface area contributed by atoms with Crippen LogP contribution in [0.25, 0.3) is 0 Å². The number of nitrogens with zero attached hydrogens (tertiary/aromatic N) is 2. The summed E-state index contributed by atoms with van der Waals surface area (Å²) in [5.41, 5.74) is 0.513. The van der Waals surface area contributed by atoms with Gasteiger partial charge in [0.2, 0.25) is 5.91 Å². The number of hydrogen-bond acceptors (Lipinski definition) is 3. The van der Waals surface area contributed by atoms with E-state index in [-0.39, 0.29) is 23.6 Å². The van der Waals surface area contributed by atoms with Gasteiger partial charge in [-0.15, -0.1) is 11.3 Å². The van der Waals surface area contributed by atoms with Gasteiger partial charge in [-0.1, -0.05) is 18.2 Å². The second kappa shape index (κ2) is 8.05. The van der Waals surface area contributed by atoms with E-state index in [9.17, 15) is 18.4 Å². The molecule has 1 heterocycles. The van der Waals surface area contributed by atoms with Crippen molar-refractivity contribution in [3.05, 3.63) is 81.6 Å². The summed E-state index contributed by atoms with van der Waals surface area (Å²) >= 11 is 1.22. The minimum Gasteiger partial charge on any atom is -0.324 e. The van der Waals surface area contributed by atoms with Gasteiger partial charge in [0.1, 0.15) is 11.6 Å². The van der Waals surface area contributed by atoms with Crippen LogP contribution in [0.2, 0.25) is 0 Å². The third kappa shape index (κ3) is 4.53. The summed E-state index contributed by atoms with van der Waals surface area (Å²) in [5.74, 6) is -2.03. The zero-order valence-electron chi connectivity index (χ0n) is 14.3. The largest absolute Gasteiger partial charge is 0.324 e. The van der Waals surface area contributed by atoms with E-state index in [0.29, 0.717) is 10.4 Å². The maximum atomic E-state index is 13.8. The summed E-state index contributed by atoms with van der Waals surface area (Å²) in [6.45, 7) is 1.47. The van der Waals surface area contributed by atoms with Crippen molar-refractivity contribution in [2.24, 2.45) is 4.99 Å². The van der Waals surface area contributed by atoms with E-state index in [2.05, 4.69) is 10.3 Å². The molecule has 2 amide bonds. The quantitative estimate of drug-likeness (QED) is 0.744. The summed E-state index contributed by atoms with van der Waals surface area (Å²) in [7, 11) is 0. The third-order valence-corrected chi connectivity index (χ3v) is 4.47. The van der Waals surface area contributed by atoms with Crippen LogP contribution in [0.1, 0.15) is 22.8 Å². The molecule has 5 nitrogen and oxygen atoms in total. The normalized spacial score (nSPS) is 11.4. The monoisotopic (exact) mass is 387 g/mol. The molecule has 138 valence electrons. The molecule has 1 aromatic heterocycles. The molecule has 0 saturated carbocycles. The molecule has 0 unspecified atom stereocenters. The topological polar surface area (TPSA) is 63.5 Å². The van der Waals surface area contributed by atoms with Crippen LogP contribution < -0.4 is 10.1 Å². The molecular formula is C19H15F2N3O2S. The van der Waals surface area contributed by atoms with E-state index in [1.165, 1.54) is 36.5 Å². The Hall–Kier alpha value is -3.13. The maximum Gasteiger partial charge on any atom is 0.279 e. The summed E-state index contributed by atoms with van der Waals surface area (Å²) in [6, 6.07) is 9.98. The van der Waals surface area contributed by atoms with Crippen LogP contribution in [0.5, 0.6) is 0 Å². The van der Waals surface area contributed by atoms with E-state index >= 15 is 0 Å². The van der Waals surface area contributed by atoms with Gasteiger partial charge >= 0.3 is 0 Å². The molecule has 3 aromatic rings. The lowest BCUT2D eigenvalue weighted by Gasteiger charge is -2.06. The summed E-state index contributed by atoms with van der Waals surface area (Å²) in [6.07, 6.45) is 1.70. The van der Waals surface area contributed by atoms with Crippen LogP contribution in [0.4, 0.5) is 14.5 Å². The number of benzene rings is 2. The molecule has 0 spiro atoms. The molecule has 27 heavy (non-hydrogen) atoms. The Morgan fingerprint density at radius 1 is 1.15 bits per heavy atom. The van der Waals surface area contributed by atoms with Crippen molar-refractivity contribution in [3.8, 4) is 0 Å². The number of hydrogen-bond donors (Lipinski definition) is 1. The predicted molar refractivity (Wildman–Crippen MR) is 98.4 cm³/mol. The Kier molecular flexibility index (Phi) is 5.56. The Labute approximate surface area is 157 Å². The van der Waals surface area contributed by atoms with Gasteiger partial charge in [0.25, 0.3) is 5.91 Å². The average molecular weight is 387 g/mol. The SMILES string of the molecule is CC(=O)Nc1cc(C(=O)N=c2sccn2Cc2ccccc2F)ccc1F. The maximum absolute atomic E-state index is 13.8. The van der Waals surface area contributed by atoms with Crippen molar-refractivity contribution in [2.45, 2.75) is 13.5 Å². The summed E-state index contributed by atoms with van der Waals surface area (Å²) in [5, 5.41) is 4.06. The lowest BCUT2D eigenvalue weighted by Crippen LogP contribution is -2.17. The molecule has 0 fully saturated rings. The Bertz CT molecular complexity index is 1070. The van der Waals surface area contributed by atoms with Gasteiger partial charge in [-0.05, 0) is 24.3 Å². The molecule has 0 atom stereocenters. The molecule has 0 aliphatic heterocycles. The van der Waals surface area contributed by atoms with Gasteiger partial charge in [-0.25, -0.2) is 8.78 Å². The van der Waals surface area contributed by atoms with Crippen molar-refractivity contribution in [3.63, 3.8) is 0 Å². The van der Waals surface area contributed by atoms with Crippen LogP contribution in [0.3, 0.4) is 0 Å². The Morgan fingerprint density at radius 2 is 1.93 bits per heavy atom. The van der Waals surface area contributed by atoms with Gasteiger partial charge in [0, 0.05) is 29.6 Å². The first kappa shape index (κ1) is 18.7. The van der Waals surface area contributed by atoms with Crippen molar-refractivity contribution in [1.82, 2.24) is 4.57 Å². The fraction of sp³-hybridized carbons (Fsp3) is 0.105. The second-order valence-corrected chi connectivity index (χ2v) is 6.57. The number of carbonyl (C=O) groups excluding carboxylic acids is 2. The fourth-order valence-corrected chi connectivity index (χ4v) is 3.14. The number of carbonyl (C=O) groups is 2. The molecule has 8 heteroatoms. The number of nitrogens with one attached hydrogen (secondary N) is 1. The highest BCUT2D eigenvalue weighted by atomic mass is 32.1. The molecule has 2 aromatic carbocycles. The first-order valence-corrected chi connectivity index (χ1v) is 8.85. The fourth-order valence-electron chi connectivity index (χ4n) is 2.41. The second-order valence-electron chi connectivity index (χ2n) is 5.70. The van der Waals surface area contributed by atoms with Crippen LogP contribution in [-0.4, -0.2) is 16.4 Å². The predicted octanol–water partition coefficient (Wildman–Crippen LogP) is 3.58. The number of thiazole rings is 1. The molecule has 1 N–H and O–H groups in total. The van der Waals surface area contributed by atoms with E-state index < -0.39 is 17.6 Å². The van der Waals surface area contributed by atoms with Gasteiger partial charge in [0.15, 0.2) is 4.80 Å². The average Bonchev–Trinajstić information content (AvgIpc) is 3.05. The third-order valence-electron chi connectivity index (χ3n) is 3.68. The first-order valence-electron chi connectivity index (χ1n) is 7.97. The molecule has 3 rings (SSSR count). The van der Waals surface area contributed by atoms with E-state index in [4.69, 9.17) is 0 Å². The van der Waals surface area contributed by atoms with Crippen LogP contribution in [0, 0.1) is 11.6 Å². The number of rotatable bonds is 4. The lowest BCUT2D eigenvalue weighted by atomic mass is 10.2. The highest BCUT2D eigenvalue weighted by Crippen LogP contribution is 2.17. The van der Waals surface area contributed by atoms with Crippen LogP contribution in [0.15, 0.2) is 59.0 Å². The van der Waals surface area contributed by atoms with Crippen molar-refractivity contribution >= 4 is 28.8 Å². The van der Waals surface area contributed by atoms with E-state index in [1.807, 2.05) is 0 Å². The van der Waals surface area contributed by atoms with Gasteiger partial charge < -0.3 is 9.88 Å². The molecule has 0 aliphatic rings. The molecule has 0 radical (unpaired) electrons. The zero-order valence-corrected chi connectivity index (χ0v) is 15.1. The lowest BCUT2D eigenvalue weighted by molar-refractivity contribution is -0.114. The van der Waals surface area contributed by atoms with Gasteiger partial charge in [0.05, 0.1) is 12.2 Å². The van der Waals surface area contributed by atoms with Gasteiger partial charge in [-0.2, -0.15) is 4.99 Å². The Balaban J connectivity index is 1.90. The van der Waals surface area contributed by atoms with Gasteiger partial charge in [-0.3, -0.25) is 9.59 Å². The molecule has 0 aliphatic carbocycles. The number of aromatic nitrogens is 1. The minimum absolute atomic E-state index is 0.0889. The highest BCUT2D eigenvalue weighted by molar-refractivity contribution is 7.07. The standard InChI is InChI=1S/C19H15F2N3O2S/c1-12(25)22-17-10-13(6-7-16(17)21)18(26)23-19-24(8-9-27-19)11-14-4-2-3-5-15(14)20/h2-10H,11H2,1H3,(H,22,25). The van der Waals surface area contributed by atoms with Crippen molar-refractivity contribution in [1.29, 1.82) is 0 Å². The summed E-state index contributed by atoms with van der Waals surface area (Å²) in [4.78, 5) is 28.0. The first-order chi connectivity index (χ1) is 12.9. The van der Waals surface area contributed by atoms with E-state index in [1.54, 1.807) is 34.3 Å². The van der Waals surface area contributed by atoms with E-state index in [0.717, 1.165) is 6.07 Å². The molecule has 0 saturated heterocycles. The number of amides is 2. The molecular weight excluding hydrogens is 372 g/mol. The zero-order chi connectivity index (χ0) is 19.4. The van der Waals surface area contributed by atoms with Crippen molar-refractivity contribution < 1.29 is 18.4 Å². The van der Waals surface area contributed by atoms with Crippen LogP contribution in [-0.2, 0) is 11.3 Å². The molecule has 0 bridgehead atoms. The summed E-state index contributed by atoms with van der Waals surface area (Å²) < 4.78 is 29.2. The van der Waals surface area contributed by atoms with Crippen molar-refractivity contribution in [2.75, 3.05) is 5.32 Å².